The van der Waals surface area contributed by atoms with Crippen molar-refractivity contribution in [2.75, 3.05) is 7.05 Å². The summed E-state index contributed by atoms with van der Waals surface area (Å²) in [6, 6.07) is 7.72. The molecule has 0 fully saturated rings. The number of hydrogen-bond acceptors (Lipinski definition) is 6. The lowest BCUT2D eigenvalue weighted by atomic mass is 10.2. The quantitative estimate of drug-likeness (QED) is 0.631. The first-order chi connectivity index (χ1) is 11.9. The fourth-order valence-electron chi connectivity index (χ4n) is 2.08. The van der Waals surface area contributed by atoms with E-state index in [1.807, 2.05) is 17.5 Å². The average molecular weight is 402 g/mol. The van der Waals surface area contributed by atoms with Crippen LogP contribution in [-0.2, 0) is 22.3 Å². The van der Waals surface area contributed by atoms with Crippen molar-refractivity contribution in [1.82, 2.24) is 14.4 Å². The minimum absolute atomic E-state index is 0.0646. The Labute approximate surface area is 152 Å². The zero-order chi connectivity index (χ0) is 18.0. The Bertz CT molecular complexity index is 954. The first kappa shape index (κ1) is 18.0. The Kier molecular flexibility index (Phi) is 5.19. The molecule has 0 bridgehead atoms. The zero-order valence-electron chi connectivity index (χ0n) is 13.0. The molecular weight excluding hydrogens is 389 g/mol. The van der Waals surface area contributed by atoms with Gasteiger partial charge in [-0.05, 0) is 23.6 Å². The molecule has 3 aromatic rings. The molecule has 0 amide bonds. The maximum atomic E-state index is 13.8. The summed E-state index contributed by atoms with van der Waals surface area (Å²) in [4.78, 5) is 4.99. The van der Waals surface area contributed by atoms with Crippen LogP contribution in [0.15, 0.2) is 40.2 Å². The van der Waals surface area contributed by atoms with Gasteiger partial charge >= 0.3 is 0 Å². The molecule has 0 spiro atoms. The van der Waals surface area contributed by atoms with Crippen LogP contribution in [-0.4, -0.2) is 29.9 Å². The van der Waals surface area contributed by atoms with Gasteiger partial charge in [0, 0.05) is 17.6 Å². The average Bonchev–Trinajstić information content (AvgIpc) is 3.22. The Hall–Kier alpha value is -1.81. The molecule has 25 heavy (non-hydrogen) atoms. The summed E-state index contributed by atoms with van der Waals surface area (Å²) in [7, 11) is -2.46. The van der Waals surface area contributed by atoms with Crippen LogP contribution in [0.2, 0.25) is 5.02 Å². The first-order valence-electron chi connectivity index (χ1n) is 7.10. The van der Waals surface area contributed by atoms with Crippen LogP contribution in [0, 0.1) is 5.82 Å². The van der Waals surface area contributed by atoms with Crippen molar-refractivity contribution in [2.45, 2.75) is 12.3 Å². The molecule has 3 rings (SSSR count). The third-order valence-electron chi connectivity index (χ3n) is 3.43. The number of aromatic nitrogens is 2. The van der Waals surface area contributed by atoms with E-state index in [2.05, 4.69) is 10.1 Å². The van der Waals surface area contributed by atoms with Gasteiger partial charge in [0.25, 0.3) is 0 Å². The van der Waals surface area contributed by atoms with E-state index in [9.17, 15) is 12.8 Å². The molecule has 132 valence electrons. The van der Waals surface area contributed by atoms with Gasteiger partial charge in [-0.2, -0.15) is 9.29 Å². The summed E-state index contributed by atoms with van der Waals surface area (Å²) in [5.41, 5.74) is -0.0687. The summed E-state index contributed by atoms with van der Waals surface area (Å²) in [5, 5.41) is 5.77. The predicted molar refractivity (Wildman–Crippen MR) is 93.1 cm³/mol. The topological polar surface area (TPSA) is 76.3 Å². The molecule has 6 nitrogen and oxygen atoms in total. The molecule has 0 N–H and O–H groups in total. The van der Waals surface area contributed by atoms with E-state index in [0.29, 0.717) is 5.82 Å². The SMILES string of the molecule is CN(Cc1nc(-c2cccs2)no1)S(=O)(=O)Cc1c(F)cccc1Cl. The molecular formula is C15H13ClFN3O3S2. The molecule has 0 aliphatic heterocycles. The van der Waals surface area contributed by atoms with Crippen LogP contribution < -0.4 is 0 Å². The highest BCUT2D eigenvalue weighted by atomic mass is 35.5. The molecule has 0 saturated carbocycles. The van der Waals surface area contributed by atoms with Crippen molar-refractivity contribution in [3.8, 4) is 10.7 Å². The lowest BCUT2D eigenvalue weighted by molar-refractivity contribution is 0.336. The predicted octanol–water partition coefficient (Wildman–Crippen LogP) is 3.55. The summed E-state index contributed by atoms with van der Waals surface area (Å²) < 4.78 is 44.9. The number of halogens is 2. The van der Waals surface area contributed by atoms with Crippen LogP contribution >= 0.6 is 22.9 Å². The maximum absolute atomic E-state index is 13.8. The fraction of sp³-hybridized carbons (Fsp3) is 0.200. The van der Waals surface area contributed by atoms with Crippen LogP contribution in [0.1, 0.15) is 11.5 Å². The third-order valence-corrected chi connectivity index (χ3v) is 6.38. The van der Waals surface area contributed by atoms with Gasteiger partial charge < -0.3 is 4.52 Å². The lowest BCUT2D eigenvalue weighted by Crippen LogP contribution is -2.28. The van der Waals surface area contributed by atoms with Crippen molar-refractivity contribution in [2.24, 2.45) is 0 Å². The van der Waals surface area contributed by atoms with E-state index >= 15 is 0 Å². The Balaban J connectivity index is 1.75. The van der Waals surface area contributed by atoms with E-state index in [-0.39, 0.29) is 23.0 Å². The van der Waals surface area contributed by atoms with Crippen molar-refractivity contribution in [3.05, 3.63) is 58.0 Å². The van der Waals surface area contributed by atoms with E-state index in [1.54, 1.807) is 0 Å². The zero-order valence-corrected chi connectivity index (χ0v) is 15.4. The third kappa shape index (κ3) is 4.06. The molecule has 0 aliphatic carbocycles. The molecule has 2 heterocycles. The van der Waals surface area contributed by atoms with Crippen molar-refractivity contribution >= 4 is 33.0 Å². The van der Waals surface area contributed by atoms with Crippen molar-refractivity contribution in [1.29, 1.82) is 0 Å². The van der Waals surface area contributed by atoms with Crippen LogP contribution in [0.25, 0.3) is 10.7 Å². The fourth-order valence-corrected chi connectivity index (χ4v) is 4.22. The number of benzene rings is 1. The van der Waals surface area contributed by atoms with Gasteiger partial charge in [-0.15, -0.1) is 11.3 Å². The Morgan fingerprint density at radius 2 is 2.12 bits per heavy atom. The summed E-state index contributed by atoms with van der Waals surface area (Å²) >= 11 is 7.34. The van der Waals surface area contributed by atoms with Gasteiger partial charge in [0.2, 0.25) is 21.7 Å². The number of hydrogen-bond donors (Lipinski definition) is 0. The minimum Gasteiger partial charge on any atom is -0.337 e. The van der Waals surface area contributed by atoms with Crippen LogP contribution in [0.5, 0.6) is 0 Å². The van der Waals surface area contributed by atoms with E-state index in [1.165, 1.54) is 36.6 Å². The largest absolute Gasteiger partial charge is 0.337 e. The van der Waals surface area contributed by atoms with E-state index in [0.717, 1.165) is 9.18 Å². The van der Waals surface area contributed by atoms with Crippen LogP contribution in [0.4, 0.5) is 4.39 Å². The summed E-state index contributed by atoms with van der Waals surface area (Å²) in [6.45, 7) is -0.118. The van der Waals surface area contributed by atoms with E-state index in [4.69, 9.17) is 16.1 Å². The second kappa shape index (κ2) is 7.20. The maximum Gasteiger partial charge on any atom is 0.242 e. The van der Waals surface area contributed by atoms with Crippen molar-refractivity contribution in [3.63, 3.8) is 0 Å². The van der Waals surface area contributed by atoms with Gasteiger partial charge in [-0.25, -0.2) is 12.8 Å². The first-order valence-corrected chi connectivity index (χ1v) is 9.97. The lowest BCUT2D eigenvalue weighted by Gasteiger charge is -2.15. The highest BCUT2D eigenvalue weighted by Gasteiger charge is 2.24. The Morgan fingerprint density at radius 3 is 2.80 bits per heavy atom. The molecule has 0 aliphatic rings. The van der Waals surface area contributed by atoms with Gasteiger partial charge in [-0.1, -0.05) is 28.9 Å². The molecule has 0 atom stereocenters. The number of rotatable bonds is 6. The molecule has 0 unspecified atom stereocenters. The smallest absolute Gasteiger partial charge is 0.242 e. The number of nitrogens with zero attached hydrogens (tertiary/aromatic N) is 3. The van der Waals surface area contributed by atoms with E-state index < -0.39 is 21.6 Å². The molecule has 0 saturated heterocycles. The molecule has 0 radical (unpaired) electrons. The van der Waals surface area contributed by atoms with Crippen LogP contribution in [0.3, 0.4) is 0 Å². The second-order valence-electron chi connectivity index (χ2n) is 5.20. The minimum atomic E-state index is -3.82. The molecule has 10 heteroatoms. The van der Waals surface area contributed by atoms with Gasteiger partial charge in [0.05, 0.1) is 17.2 Å². The highest BCUT2D eigenvalue weighted by Crippen LogP contribution is 2.24. The summed E-state index contributed by atoms with van der Waals surface area (Å²) in [6.07, 6.45) is 0. The normalized spacial score (nSPS) is 12.0. The number of sulfonamides is 1. The van der Waals surface area contributed by atoms with Gasteiger partial charge in [0.15, 0.2) is 0 Å². The number of thiophene rings is 1. The Morgan fingerprint density at radius 1 is 1.32 bits per heavy atom. The second-order valence-corrected chi connectivity index (χ2v) is 8.63. The standard InChI is InChI=1S/C15H13ClFN3O3S2/c1-20(8-14-18-15(19-23-14)13-6-3-7-24-13)25(21,22)9-10-11(16)4-2-5-12(10)17/h2-7H,8-9H2,1H3. The van der Waals surface area contributed by atoms with Crippen molar-refractivity contribution < 1.29 is 17.3 Å². The monoisotopic (exact) mass is 401 g/mol. The molecule has 2 aromatic heterocycles. The molecule has 1 aromatic carbocycles. The van der Waals surface area contributed by atoms with Gasteiger partial charge in [0.1, 0.15) is 5.82 Å². The summed E-state index contributed by atoms with van der Waals surface area (Å²) in [5.74, 6) is -0.676. The highest BCUT2D eigenvalue weighted by molar-refractivity contribution is 7.88. The van der Waals surface area contributed by atoms with Gasteiger partial charge in [-0.3, -0.25) is 0 Å².